The molecule has 3 heterocycles. The maximum atomic E-state index is 13.7. The summed E-state index contributed by atoms with van der Waals surface area (Å²) < 4.78 is 25.2. The first-order chi connectivity index (χ1) is 12.7. The molecule has 2 aliphatic rings. The van der Waals surface area contributed by atoms with Crippen LogP contribution < -0.4 is 0 Å². The van der Waals surface area contributed by atoms with Gasteiger partial charge in [0, 0.05) is 13.2 Å². The molecule has 7 heteroatoms. The van der Waals surface area contributed by atoms with E-state index in [-0.39, 0.29) is 18.0 Å². The quantitative estimate of drug-likeness (QED) is 0.832. The average molecular weight is 356 g/mol. The highest BCUT2D eigenvalue weighted by atomic mass is 19.1. The third-order valence-electron chi connectivity index (χ3n) is 5.12. The minimum atomic E-state index is -0.328. The van der Waals surface area contributed by atoms with Crippen molar-refractivity contribution in [3.8, 4) is 6.07 Å². The predicted octanol–water partition coefficient (Wildman–Crippen LogP) is 3.66. The Balaban J connectivity index is 1.55. The van der Waals surface area contributed by atoms with E-state index in [9.17, 15) is 9.65 Å². The number of nitriles is 1. The van der Waals surface area contributed by atoms with Crippen molar-refractivity contribution in [2.75, 3.05) is 13.2 Å². The molecule has 0 bridgehead atoms. The van der Waals surface area contributed by atoms with Crippen LogP contribution in [0.25, 0.3) is 0 Å². The summed E-state index contributed by atoms with van der Waals surface area (Å²) in [6.07, 6.45) is 4.86. The molecule has 1 unspecified atom stereocenters. The molecule has 136 valence electrons. The first kappa shape index (κ1) is 17.1. The van der Waals surface area contributed by atoms with E-state index in [2.05, 4.69) is 21.2 Å². The number of likely N-dealkylation sites (tertiary alicyclic amines) is 1. The van der Waals surface area contributed by atoms with Crippen LogP contribution in [0, 0.1) is 17.1 Å². The van der Waals surface area contributed by atoms with Gasteiger partial charge < -0.3 is 9.15 Å². The fourth-order valence-electron chi connectivity index (χ4n) is 3.76. The maximum Gasteiger partial charge on any atom is 0.245 e. The third kappa shape index (κ3) is 3.48. The van der Waals surface area contributed by atoms with Crippen LogP contribution in [0.15, 0.2) is 22.6 Å². The summed E-state index contributed by atoms with van der Waals surface area (Å²) in [5, 5.41) is 17.7. The molecule has 2 aliphatic heterocycles. The highest BCUT2D eigenvalue weighted by Crippen LogP contribution is 2.34. The number of benzene rings is 1. The summed E-state index contributed by atoms with van der Waals surface area (Å²) in [4.78, 5) is 2.20. The van der Waals surface area contributed by atoms with Gasteiger partial charge in [0.1, 0.15) is 11.9 Å². The Kier molecular flexibility index (Phi) is 4.96. The van der Waals surface area contributed by atoms with E-state index in [0.717, 1.165) is 45.3 Å². The topological polar surface area (TPSA) is 75.2 Å². The minimum Gasteiger partial charge on any atom is -0.421 e. The van der Waals surface area contributed by atoms with Crippen LogP contribution >= 0.6 is 0 Å². The molecule has 1 aromatic carbocycles. The second-order valence-corrected chi connectivity index (χ2v) is 6.88. The van der Waals surface area contributed by atoms with Gasteiger partial charge in [0.25, 0.3) is 0 Å². The van der Waals surface area contributed by atoms with Crippen molar-refractivity contribution in [3.63, 3.8) is 0 Å². The van der Waals surface area contributed by atoms with Gasteiger partial charge in [-0.05, 0) is 56.0 Å². The van der Waals surface area contributed by atoms with Gasteiger partial charge in [-0.1, -0.05) is 6.42 Å². The molecule has 2 saturated heterocycles. The molecule has 1 aromatic heterocycles. The molecule has 0 saturated carbocycles. The summed E-state index contributed by atoms with van der Waals surface area (Å²) in [6, 6.07) is 6.43. The van der Waals surface area contributed by atoms with E-state index in [4.69, 9.17) is 9.15 Å². The lowest BCUT2D eigenvalue weighted by Gasteiger charge is -2.33. The van der Waals surface area contributed by atoms with Crippen molar-refractivity contribution in [2.24, 2.45) is 0 Å². The van der Waals surface area contributed by atoms with Gasteiger partial charge in [0.05, 0.1) is 17.7 Å². The molecule has 0 radical (unpaired) electrons. The van der Waals surface area contributed by atoms with Gasteiger partial charge in [-0.15, -0.1) is 10.2 Å². The number of hydrogen-bond donors (Lipinski definition) is 0. The van der Waals surface area contributed by atoms with Gasteiger partial charge in [0.2, 0.25) is 11.8 Å². The number of rotatable bonds is 4. The predicted molar refractivity (Wildman–Crippen MR) is 90.3 cm³/mol. The molecule has 4 rings (SSSR count). The molecule has 2 fully saturated rings. The first-order valence-electron chi connectivity index (χ1n) is 9.12. The molecule has 0 aliphatic carbocycles. The number of piperidine rings is 1. The Morgan fingerprint density at radius 1 is 1.19 bits per heavy atom. The SMILES string of the molecule is N#Cc1ccc(F)cc1CN1CCCCC1c1nnc([C@H]2CCCO2)o1. The van der Waals surface area contributed by atoms with Crippen LogP contribution in [0.1, 0.15) is 67.2 Å². The fraction of sp³-hybridized carbons (Fsp3) is 0.526. The second kappa shape index (κ2) is 7.52. The van der Waals surface area contributed by atoms with Gasteiger partial charge in [-0.2, -0.15) is 5.26 Å². The summed E-state index contributed by atoms with van der Waals surface area (Å²) in [5.74, 6) is 0.808. The van der Waals surface area contributed by atoms with Crippen molar-refractivity contribution in [3.05, 3.63) is 46.9 Å². The van der Waals surface area contributed by atoms with Crippen molar-refractivity contribution in [1.29, 1.82) is 5.26 Å². The van der Waals surface area contributed by atoms with Crippen LogP contribution in [0.4, 0.5) is 4.39 Å². The molecule has 2 aromatic rings. The monoisotopic (exact) mass is 356 g/mol. The number of ether oxygens (including phenoxy) is 1. The molecule has 0 spiro atoms. The molecular formula is C19H21FN4O2. The number of hydrogen-bond acceptors (Lipinski definition) is 6. The number of nitrogens with zero attached hydrogens (tertiary/aromatic N) is 4. The minimum absolute atomic E-state index is 0.0128. The summed E-state index contributed by atoms with van der Waals surface area (Å²) in [6.45, 7) is 2.07. The van der Waals surface area contributed by atoms with E-state index in [1.807, 2.05) is 0 Å². The van der Waals surface area contributed by atoms with Gasteiger partial charge >= 0.3 is 0 Å². The molecule has 0 N–H and O–H groups in total. The highest BCUT2D eigenvalue weighted by Gasteiger charge is 2.31. The van der Waals surface area contributed by atoms with Crippen molar-refractivity contribution >= 4 is 0 Å². The average Bonchev–Trinajstić information content (AvgIpc) is 3.34. The van der Waals surface area contributed by atoms with Gasteiger partial charge in [-0.3, -0.25) is 4.90 Å². The number of aromatic nitrogens is 2. The van der Waals surface area contributed by atoms with Crippen LogP contribution in [0.2, 0.25) is 0 Å². The van der Waals surface area contributed by atoms with Crippen LogP contribution in [0.3, 0.4) is 0 Å². The van der Waals surface area contributed by atoms with Crippen LogP contribution in [-0.2, 0) is 11.3 Å². The van der Waals surface area contributed by atoms with Crippen molar-refractivity contribution < 1.29 is 13.5 Å². The normalized spacial score (nSPS) is 23.8. The van der Waals surface area contributed by atoms with Crippen LogP contribution in [-0.4, -0.2) is 28.2 Å². The summed E-state index contributed by atoms with van der Waals surface area (Å²) in [7, 11) is 0. The maximum absolute atomic E-state index is 13.7. The largest absolute Gasteiger partial charge is 0.421 e. The summed E-state index contributed by atoms with van der Waals surface area (Å²) in [5.41, 5.74) is 1.19. The van der Waals surface area contributed by atoms with E-state index in [1.54, 1.807) is 0 Å². The van der Waals surface area contributed by atoms with E-state index >= 15 is 0 Å². The lowest BCUT2D eigenvalue weighted by atomic mass is 10.00. The van der Waals surface area contributed by atoms with E-state index in [0.29, 0.717) is 29.5 Å². The third-order valence-corrected chi connectivity index (χ3v) is 5.12. The van der Waals surface area contributed by atoms with E-state index < -0.39 is 0 Å². The lowest BCUT2D eigenvalue weighted by Crippen LogP contribution is -2.33. The molecule has 6 nitrogen and oxygen atoms in total. The smallest absolute Gasteiger partial charge is 0.245 e. The Labute approximate surface area is 151 Å². The Hall–Kier alpha value is -2.30. The number of halogens is 1. The van der Waals surface area contributed by atoms with Crippen molar-refractivity contribution in [2.45, 2.75) is 50.8 Å². The fourth-order valence-corrected chi connectivity index (χ4v) is 3.76. The van der Waals surface area contributed by atoms with Gasteiger partial charge in [-0.25, -0.2) is 4.39 Å². The Morgan fingerprint density at radius 3 is 2.88 bits per heavy atom. The Bertz CT molecular complexity index is 810. The molecule has 2 atom stereocenters. The molecule has 0 amide bonds. The standard InChI is InChI=1S/C19H21FN4O2/c20-15-7-6-13(11-21)14(10-15)12-24-8-2-1-4-16(24)18-22-23-19(26-18)17-5-3-9-25-17/h6-7,10,16-17H,1-5,8-9,12H2/t16?,17-/m1/s1. The molecule has 26 heavy (non-hydrogen) atoms. The van der Waals surface area contributed by atoms with Crippen LogP contribution in [0.5, 0.6) is 0 Å². The van der Waals surface area contributed by atoms with Crippen molar-refractivity contribution in [1.82, 2.24) is 15.1 Å². The zero-order valence-electron chi connectivity index (χ0n) is 14.5. The zero-order chi connectivity index (χ0) is 17.9. The first-order valence-corrected chi connectivity index (χ1v) is 9.12. The van der Waals surface area contributed by atoms with Gasteiger partial charge in [0.15, 0.2) is 0 Å². The van der Waals surface area contributed by atoms with E-state index in [1.165, 1.54) is 18.2 Å². The second-order valence-electron chi connectivity index (χ2n) is 6.88. The molecular weight excluding hydrogens is 335 g/mol. The zero-order valence-corrected chi connectivity index (χ0v) is 14.5. The lowest BCUT2D eigenvalue weighted by molar-refractivity contribution is 0.0794. The Morgan fingerprint density at radius 2 is 2.08 bits per heavy atom. The summed E-state index contributed by atoms with van der Waals surface area (Å²) >= 11 is 0. The highest BCUT2D eigenvalue weighted by molar-refractivity contribution is 5.37.